The van der Waals surface area contributed by atoms with Gasteiger partial charge in [-0.15, -0.1) is 10.2 Å². The molecule has 72 valence electrons. The SMILES string of the molecule is Cc1nc(-n2cnnc2)nc(C)c1O. The second-order valence-electron chi connectivity index (χ2n) is 2.91. The lowest BCUT2D eigenvalue weighted by molar-refractivity contribution is 0.458. The van der Waals surface area contributed by atoms with Gasteiger partial charge in [0.05, 0.1) is 11.4 Å². The molecule has 6 nitrogen and oxygen atoms in total. The molecule has 6 heteroatoms. The molecule has 0 aliphatic carbocycles. The van der Waals surface area contributed by atoms with Crippen molar-refractivity contribution >= 4 is 0 Å². The van der Waals surface area contributed by atoms with E-state index in [4.69, 9.17) is 0 Å². The van der Waals surface area contributed by atoms with Crippen molar-refractivity contribution in [1.82, 2.24) is 24.7 Å². The van der Waals surface area contributed by atoms with Crippen LogP contribution < -0.4 is 0 Å². The average molecular weight is 191 g/mol. The van der Waals surface area contributed by atoms with Gasteiger partial charge >= 0.3 is 0 Å². The summed E-state index contributed by atoms with van der Waals surface area (Å²) in [6.45, 7) is 3.44. The Kier molecular flexibility index (Phi) is 1.88. The fraction of sp³-hybridized carbons (Fsp3) is 0.250. The van der Waals surface area contributed by atoms with Crippen molar-refractivity contribution in [3.05, 3.63) is 24.0 Å². The summed E-state index contributed by atoms with van der Waals surface area (Å²) < 4.78 is 1.58. The molecule has 0 aliphatic rings. The molecule has 0 unspecified atom stereocenters. The second kappa shape index (κ2) is 3.06. The molecule has 2 aromatic rings. The molecule has 2 heterocycles. The van der Waals surface area contributed by atoms with Gasteiger partial charge in [0.15, 0.2) is 5.75 Å². The summed E-state index contributed by atoms with van der Waals surface area (Å²) in [5.41, 5.74) is 1.09. The predicted molar refractivity (Wildman–Crippen MR) is 48.1 cm³/mol. The molecule has 0 saturated heterocycles. The van der Waals surface area contributed by atoms with Gasteiger partial charge in [-0.2, -0.15) is 0 Å². The summed E-state index contributed by atoms with van der Waals surface area (Å²) in [6, 6.07) is 0. The van der Waals surface area contributed by atoms with Crippen LogP contribution in [0.15, 0.2) is 12.7 Å². The van der Waals surface area contributed by atoms with E-state index in [2.05, 4.69) is 20.2 Å². The molecule has 0 fully saturated rings. The summed E-state index contributed by atoms with van der Waals surface area (Å²) in [6.07, 6.45) is 3.01. The van der Waals surface area contributed by atoms with Crippen LogP contribution in [0.5, 0.6) is 5.75 Å². The summed E-state index contributed by atoms with van der Waals surface area (Å²) >= 11 is 0. The van der Waals surface area contributed by atoms with Crippen molar-refractivity contribution in [3.63, 3.8) is 0 Å². The quantitative estimate of drug-likeness (QED) is 0.705. The molecule has 0 radical (unpaired) electrons. The third-order valence-corrected chi connectivity index (χ3v) is 1.87. The van der Waals surface area contributed by atoms with E-state index in [0.29, 0.717) is 17.3 Å². The third kappa shape index (κ3) is 1.30. The van der Waals surface area contributed by atoms with E-state index in [-0.39, 0.29) is 5.75 Å². The van der Waals surface area contributed by atoms with Crippen LogP contribution in [0.25, 0.3) is 5.95 Å². The standard InChI is InChI=1S/C8H9N5O/c1-5-7(14)6(2)12-8(11-5)13-3-9-10-4-13/h3-4,14H,1-2H3. The van der Waals surface area contributed by atoms with Gasteiger partial charge in [-0.3, -0.25) is 4.57 Å². The van der Waals surface area contributed by atoms with Gasteiger partial charge in [-0.25, -0.2) is 9.97 Å². The summed E-state index contributed by atoms with van der Waals surface area (Å²) in [5, 5.41) is 16.8. The zero-order valence-electron chi connectivity index (χ0n) is 7.84. The summed E-state index contributed by atoms with van der Waals surface area (Å²) in [5.74, 6) is 0.588. The van der Waals surface area contributed by atoms with Crippen LogP contribution in [0.4, 0.5) is 0 Å². The molecule has 2 aromatic heterocycles. The first-order valence-electron chi connectivity index (χ1n) is 4.07. The van der Waals surface area contributed by atoms with E-state index in [1.807, 2.05) is 0 Å². The van der Waals surface area contributed by atoms with Gasteiger partial charge in [0.1, 0.15) is 12.7 Å². The van der Waals surface area contributed by atoms with Crippen LogP contribution in [0.3, 0.4) is 0 Å². The van der Waals surface area contributed by atoms with Crippen LogP contribution in [0.1, 0.15) is 11.4 Å². The van der Waals surface area contributed by atoms with Crippen LogP contribution >= 0.6 is 0 Å². The molecule has 0 aliphatic heterocycles. The molecule has 0 spiro atoms. The molecule has 0 atom stereocenters. The topological polar surface area (TPSA) is 76.7 Å². The monoisotopic (exact) mass is 191 g/mol. The number of aromatic nitrogens is 5. The number of rotatable bonds is 1. The second-order valence-corrected chi connectivity index (χ2v) is 2.91. The van der Waals surface area contributed by atoms with Gasteiger partial charge in [0.2, 0.25) is 5.95 Å². The number of hydrogen-bond acceptors (Lipinski definition) is 5. The van der Waals surface area contributed by atoms with E-state index >= 15 is 0 Å². The lowest BCUT2D eigenvalue weighted by atomic mass is 10.3. The maximum atomic E-state index is 9.46. The Bertz CT molecular complexity index is 428. The predicted octanol–water partition coefficient (Wildman–Crippen LogP) is 0.380. The lowest BCUT2D eigenvalue weighted by Crippen LogP contribution is -2.02. The Hall–Kier alpha value is -1.98. The fourth-order valence-electron chi connectivity index (χ4n) is 1.11. The molecule has 0 bridgehead atoms. The van der Waals surface area contributed by atoms with E-state index in [1.165, 1.54) is 12.7 Å². The van der Waals surface area contributed by atoms with Crippen molar-refractivity contribution in [1.29, 1.82) is 0 Å². The van der Waals surface area contributed by atoms with Crippen molar-refractivity contribution in [2.24, 2.45) is 0 Å². The zero-order chi connectivity index (χ0) is 10.1. The highest BCUT2D eigenvalue weighted by Gasteiger charge is 2.07. The molecule has 0 aromatic carbocycles. The Labute approximate surface area is 80.3 Å². The normalized spacial score (nSPS) is 10.4. The first kappa shape index (κ1) is 8.61. The van der Waals surface area contributed by atoms with Gasteiger partial charge < -0.3 is 5.11 Å². The van der Waals surface area contributed by atoms with Crippen LogP contribution in [0.2, 0.25) is 0 Å². The lowest BCUT2D eigenvalue weighted by Gasteiger charge is -2.04. The molecule has 2 rings (SSSR count). The number of aryl methyl sites for hydroxylation is 2. The number of nitrogens with zero attached hydrogens (tertiary/aromatic N) is 5. The van der Waals surface area contributed by atoms with Crippen LogP contribution in [-0.4, -0.2) is 29.8 Å². The first-order valence-corrected chi connectivity index (χ1v) is 4.07. The van der Waals surface area contributed by atoms with E-state index in [1.54, 1.807) is 18.4 Å². The smallest absolute Gasteiger partial charge is 0.236 e. The number of hydrogen-bond donors (Lipinski definition) is 1. The minimum Gasteiger partial charge on any atom is -0.504 e. The highest BCUT2D eigenvalue weighted by atomic mass is 16.3. The van der Waals surface area contributed by atoms with Crippen molar-refractivity contribution in [2.75, 3.05) is 0 Å². The number of aromatic hydroxyl groups is 1. The largest absolute Gasteiger partial charge is 0.504 e. The van der Waals surface area contributed by atoms with Gasteiger partial charge in [0.25, 0.3) is 0 Å². The van der Waals surface area contributed by atoms with E-state index < -0.39 is 0 Å². The average Bonchev–Trinajstić information content (AvgIpc) is 2.66. The third-order valence-electron chi connectivity index (χ3n) is 1.87. The Morgan fingerprint density at radius 1 is 1.07 bits per heavy atom. The highest BCUT2D eigenvalue weighted by Crippen LogP contribution is 2.17. The summed E-state index contributed by atoms with van der Waals surface area (Å²) in [4.78, 5) is 8.20. The minimum absolute atomic E-state index is 0.127. The van der Waals surface area contributed by atoms with Crippen molar-refractivity contribution < 1.29 is 5.11 Å². The van der Waals surface area contributed by atoms with Crippen molar-refractivity contribution in [3.8, 4) is 11.7 Å². The molecule has 0 saturated carbocycles. The molecule has 14 heavy (non-hydrogen) atoms. The van der Waals surface area contributed by atoms with E-state index in [0.717, 1.165) is 0 Å². The molecule has 0 amide bonds. The van der Waals surface area contributed by atoms with Crippen molar-refractivity contribution in [2.45, 2.75) is 13.8 Å². The maximum absolute atomic E-state index is 9.46. The Morgan fingerprint density at radius 3 is 2.07 bits per heavy atom. The van der Waals surface area contributed by atoms with Crippen LogP contribution in [0, 0.1) is 13.8 Å². The molecule has 1 N–H and O–H groups in total. The molecular weight excluding hydrogens is 182 g/mol. The molecular formula is C8H9N5O. The maximum Gasteiger partial charge on any atom is 0.236 e. The van der Waals surface area contributed by atoms with Gasteiger partial charge in [0, 0.05) is 0 Å². The minimum atomic E-state index is 0.127. The highest BCUT2D eigenvalue weighted by molar-refractivity contribution is 5.32. The van der Waals surface area contributed by atoms with E-state index in [9.17, 15) is 5.11 Å². The first-order chi connectivity index (χ1) is 6.68. The van der Waals surface area contributed by atoms with Crippen LogP contribution in [-0.2, 0) is 0 Å². The Balaban J connectivity index is 2.57. The fourth-order valence-corrected chi connectivity index (χ4v) is 1.11. The zero-order valence-corrected chi connectivity index (χ0v) is 7.84. The Morgan fingerprint density at radius 2 is 1.57 bits per heavy atom. The summed E-state index contributed by atoms with van der Waals surface area (Å²) in [7, 11) is 0. The van der Waals surface area contributed by atoms with Gasteiger partial charge in [-0.1, -0.05) is 0 Å². The van der Waals surface area contributed by atoms with Gasteiger partial charge in [-0.05, 0) is 13.8 Å².